The molecule has 0 radical (unpaired) electrons. The normalized spacial score (nSPS) is 17.2. The number of nitrogens with zero attached hydrogens (tertiary/aromatic N) is 4. The summed E-state index contributed by atoms with van der Waals surface area (Å²) in [4.78, 5) is 71.8. The number of fused-ring (bicyclic) bond motifs is 1. The molecule has 62 heavy (non-hydrogen) atoms. The van der Waals surface area contributed by atoms with E-state index in [0.717, 1.165) is 81.5 Å². The summed E-state index contributed by atoms with van der Waals surface area (Å²) in [7, 11) is 2.59. The van der Waals surface area contributed by atoms with E-state index in [9.17, 15) is 19.2 Å². The lowest BCUT2D eigenvalue weighted by Gasteiger charge is -2.30. The van der Waals surface area contributed by atoms with Crippen molar-refractivity contribution in [3.05, 3.63) is 121 Å². The minimum atomic E-state index is -0.772. The van der Waals surface area contributed by atoms with Gasteiger partial charge in [-0.1, -0.05) is 92.7 Å². The van der Waals surface area contributed by atoms with Crippen LogP contribution in [-0.2, 0) is 25.5 Å². The number of nitrogens with one attached hydrogen (secondary N) is 4. The predicted octanol–water partition coefficient (Wildman–Crippen LogP) is 7.96. The van der Waals surface area contributed by atoms with Gasteiger partial charge in [-0.3, -0.25) is 9.59 Å². The van der Waals surface area contributed by atoms with Gasteiger partial charge in [0, 0.05) is 25.1 Å². The molecule has 2 aromatic heterocycles. The van der Waals surface area contributed by atoms with E-state index in [-0.39, 0.29) is 29.8 Å². The van der Waals surface area contributed by atoms with Crippen LogP contribution >= 0.6 is 0 Å². The number of imidazole rings is 2. The topological polar surface area (TPSA) is 175 Å². The van der Waals surface area contributed by atoms with Gasteiger partial charge in [-0.15, -0.1) is 0 Å². The smallest absolute Gasteiger partial charge is 0.407 e. The highest BCUT2D eigenvalue weighted by Crippen LogP contribution is 2.35. The summed E-state index contributed by atoms with van der Waals surface area (Å²) < 4.78 is 9.62. The fraction of sp³-hybridized carbons (Fsp3) is 0.333. The Balaban J connectivity index is 0.934. The summed E-state index contributed by atoms with van der Waals surface area (Å²) in [5.74, 6) is 1.03. The van der Waals surface area contributed by atoms with Gasteiger partial charge in [0.05, 0.1) is 50.1 Å². The summed E-state index contributed by atoms with van der Waals surface area (Å²) >= 11 is 0. The number of H-pyrrole nitrogens is 2. The van der Waals surface area contributed by atoms with Crippen LogP contribution in [0.5, 0.6) is 0 Å². The molecule has 4 heterocycles. The quantitative estimate of drug-likeness (QED) is 0.0961. The molecule has 0 spiro atoms. The molecule has 4 atom stereocenters. The fourth-order valence-electron chi connectivity index (χ4n) is 8.70. The van der Waals surface area contributed by atoms with Gasteiger partial charge in [0.2, 0.25) is 11.8 Å². The van der Waals surface area contributed by atoms with Gasteiger partial charge in [-0.2, -0.15) is 0 Å². The number of aromatic amines is 2. The van der Waals surface area contributed by atoms with E-state index >= 15 is 0 Å². The summed E-state index contributed by atoms with van der Waals surface area (Å²) in [6.07, 6.45) is 5.93. The van der Waals surface area contributed by atoms with E-state index < -0.39 is 24.3 Å². The van der Waals surface area contributed by atoms with Crippen molar-refractivity contribution in [2.45, 2.75) is 70.1 Å². The van der Waals surface area contributed by atoms with Crippen molar-refractivity contribution in [2.75, 3.05) is 27.3 Å². The van der Waals surface area contributed by atoms with Crippen LogP contribution in [0, 0.1) is 5.92 Å². The second kappa shape index (κ2) is 18.3. The molecular formula is C48H52N8O6. The van der Waals surface area contributed by atoms with E-state index in [2.05, 4.69) is 81.3 Å². The number of carbonyl (C=O) groups is 4. The van der Waals surface area contributed by atoms with Gasteiger partial charge in [-0.25, -0.2) is 19.6 Å². The first-order chi connectivity index (χ1) is 30.1. The van der Waals surface area contributed by atoms with Crippen LogP contribution in [0.2, 0.25) is 0 Å². The number of methoxy groups -OCH3 is 2. The first kappa shape index (κ1) is 41.8. The molecule has 14 nitrogen and oxygen atoms in total. The van der Waals surface area contributed by atoms with E-state index in [1.165, 1.54) is 14.2 Å². The number of benzene rings is 4. The molecule has 4 aromatic carbocycles. The second-order valence-electron chi connectivity index (χ2n) is 16.3. The van der Waals surface area contributed by atoms with Crippen molar-refractivity contribution in [2.24, 2.45) is 5.92 Å². The number of amides is 4. The van der Waals surface area contributed by atoms with Crippen LogP contribution < -0.4 is 10.6 Å². The standard InChI is InChI=1S/C48H52N8O6/c1-29(2)42(54-48(60)62-4)46(58)56-23-9-13-41(56)44-50-28-39(52-44)36-21-20-34-25-33(18-19-35(34)26-36)31-14-16-32(17-15-31)38-27-49-43(51-38)40-12-8-22-55(40)45(57)37(53-47(59)61-3)24-30-10-6-5-7-11-30/h5-7,10-11,14-21,25-29,37,40-42H,8-9,12-13,22-24H2,1-4H3,(H,49,51)(H,50,52)(H,53,59)(H,54,60)/t37-,40+,41+,42+/m1/s1. The van der Waals surface area contributed by atoms with E-state index in [1.807, 2.05) is 66.4 Å². The zero-order chi connectivity index (χ0) is 43.3. The van der Waals surface area contributed by atoms with Crippen molar-refractivity contribution < 1.29 is 28.7 Å². The third kappa shape index (κ3) is 8.90. The number of ether oxygens (including phenoxy) is 2. The average molecular weight is 837 g/mol. The lowest BCUT2D eigenvalue weighted by atomic mass is 9.98. The van der Waals surface area contributed by atoms with Crippen molar-refractivity contribution in [3.8, 4) is 33.6 Å². The summed E-state index contributed by atoms with van der Waals surface area (Å²) in [5, 5.41) is 7.64. The van der Waals surface area contributed by atoms with E-state index in [4.69, 9.17) is 19.4 Å². The molecule has 14 heteroatoms. The van der Waals surface area contributed by atoms with Crippen molar-refractivity contribution in [1.82, 2.24) is 40.4 Å². The number of likely N-dealkylation sites (tertiary alicyclic amines) is 2. The van der Waals surface area contributed by atoms with Crippen molar-refractivity contribution >= 4 is 34.8 Å². The molecule has 8 rings (SSSR count). The molecule has 6 aromatic rings. The molecular weight excluding hydrogens is 785 g/mol. The molecule has 4 amide bonds. The Bertz CT molecular complexity index is 2550. The third-order valence-corrected chi connectivity index (χ3v) is 12.0. The fourth-order valence-corrected chi connectivity index (χ4v) is 8.70. The highest BCUT2D eigenvalue weighted by molar-refractivity contribution is 5.91. The Morgan fingerprint density at radius 1 is 0.661 bits per heavy atom. The number of hydrogen-bond acceptors (Lipinski definition) is 8. The van der Waals surface area contributed by atoms with Crippen molar-refractivity contribution in [1.29, 1.82) is 0 Å². The summed E-state index contributed by atoms with van der Waals surface area (Å²) in [5.41, 5.74) is 6.79. The maximum atomic E-state index is 13.9. The van der Waals surface area contributed by atoms with E-state index in [1.54, 1.807) is 0 Å². The molecule has 2 aliphatic heterocycles. The predicted molar refractivity (Wildman–Crippen MR) is 236 cm³/mol. The van der Waals surface area contributed by atoms with Gasteiger partial charge in [0.1, 0.15) is 23.7 Å². The van der Waals surface area contributed by atoms with Gasteiger partial charge in [0.25, 0.3) is 0 Å². The zero-order valence-electron chi connectivity index (χ0n) is 35.4. The molecule has 0 saturated carbocycles. The molecule has 0 aliphatic carbocycles. The van der Waals surface area contributed by atoms with Gasteiger partial charge >= 0.3 is 12.2 Å². The largest absolute Gasteiger partial charge is 0.453 e. The third-order valence-electron chi connectivity index (χ3n) is 12.0. The van der Waals surface area contributed by atoms with Gasteiger partial charge in [-0.05, 0) is 76.8 Å². The number of aromatic nitrogens is 4. The molecule has 0 unspecified atom stereocenters. The van der Waals surface area contributed by atoms with Gasteiger partial charge < -0.3 is 39.9 Å². The lowest BCUT2D eigenvalue weighted by Crippen LogP contribution is -2.51. The minimum absolute atomic E-state index is 0.108. The van der Waals surface area contributed by atoms with E-state index in [0.29, 0.717) is 25.3 Å². The molecule has 320 valence electrons. The Hall–Kier alpha value is -6.96. The minimum Gasteiger partial charge on any atom is -0.453 e. The number of rotatable bonds is 12. The molecule has 2 saturated heterocycles. The Labute approximate surface area is 360 Å². The highest BCUT2D eigenvalue weighted by atomic mass is 16.5. The summed E-state index contributed by atoms with van der Waals surface area (Å²) in [6, 6.07) is 28.8. The van der Waals surface area contributed by atoms with Crippen LogP contribution in [-0.4, -0.2) is 93.1 Å². The maximum absolute atomic E-state index is 13.9. The second-order valence-corrected chi connectivity index (χ2v) is 16.3. The molecule has 2 aliphatic rings. The van der Waals surface area contributed by atoms with Crippen LogP contribution in [0.25, 0.3) is 44.4 Å². The number of alkyl carbamates (subject to hydrolysis) is 2. The van der Waals surface area contributed by atoms with Crippen LogP contribution in [0.15, 0.2) is 103 Å². The first-order valence-corrected chi connectivity index (χ1v) is 21.2. The number of carbonyl (C=O) groups excluding carboxylic acids is 4. The zero-order valence-corrected chi connectivity index (χ0v) is 35.4. The Kier molecular flexibility index (Phi) is 12.4. The van der Waals surface area contributed by atoms with Crippen LogP contribution in [0.3, 0.4) is 0 Å². The monoisotopic (exact) mass is 836 g/mol. The number of hydrogen-bond donors (Lipinski definition) is 4. The van der Waals surface area contributed by atoms with Gasteiger partial charge in [0.15, 0.2) is 0 Å². The molecule has 2 fully saturated rings. The maximum Gasteiger partial charge on any atom is 0.407 e. The molecule has 4 N–H and O–H groups in total. The summed E-state index contributed by atoms with van der Waals surface area (Å²) in [6.45, 7) is 4.97. The highest BCUT2D eigenvalue weighted by Gasteiger charge is 2.38. The van der Waals surface area contributed by atoms with Crippen molar-refractivity contribution in [3.63, 3.8) is 0 Å². The Morgan fingerprint density at radius 3 is 1.77 bits per heavy atom. The lowest BCUT2D eigenvalue weighted by molar-refractivity contribution is -0.135. The SMILES string of the molecule is COC(=O)N[C@H](C(=O)N1CCC[C@H]1c1ncc(-c2ccc3cc(-c4ccc(-c5cnc([C@@H]6CCCN6C(=O)[C@@H](Cc6ccccc6)NC(=O)OC)[nH]5)cc4)ccc3c2)[nH]1)C(C)C. The van der Waals surface area contributed by atoms with Crippen LogP contribution in [0.1, 0.15) is 68.8 Å². The van der Waals surface area contributed by atoms with Crippen LogP contribution in [0.4, 0.5) is 9.59 Å². The molecule has 0 bridgehead atoms. The Morgan fingerprint density at radius 2 is 1.18 bits per heavy atom. The first-order valence-electron chi connectivity index (χ1n) is 21.2. The average Bonchev–Trinajstić information content (AvgIpc) is 4.15.